The Balaban J connectivity index is 5.20. The van der Waals surface area contributed by atoms with Gasteiger partial charge in [-0.05, 0) is 37.5 Å². The largest absolute Gasteiger partial charge is 0.472 e. The molecular formula is C84H164O17P2. The Hall–Kier alpha value is -1.94. The zero-order valence-corrected chi connectivity index (χ0v) is 69.4. The van der Waals surface area contributed by atoms with Crippen molar-refractivity contribution in [3.63, 3.8) is 0 Å². The molecular weight excluding hydrogens is 1340 g/mol. The summed E-state index contributed by atoms with van der Waals surface area (Å²) < 4.78 is 68.8. The van der Waals surface area contributed by atoms with Crippen molar-refractivity contribution in [2.75, 3.05) is 39.6 Å². The van der Waals surface area contributed by atoms with Gasteiger partial charge in [0.25, 0.3) is 0 Å². The SMILES string of the molecule is CCCCCCCCCCCCCCCCCCCCCCCC(=O)O[C@H](COC(=O)CCCCCCCCCCCCCCCCCCCCCC)COP(=O)(O)OC[C@@H](O)COP(=O)(O)OC[C@@H](COC(=O)CCCCCCCCCC(C)C)OC(=O)CCCCCCCCCCCC(C)C. The first-order valence-corrected chi connectivity index (χ1v) is 46.5. The molecule has 612 valence electrons. The number of hydrogen-bond acceptors (Lipinski definition) is 15. The molecule has 0 saturated heterocycles. The highest BCUT2D eigenvalue weighted by Crippen LogP contribution is 2.45. The lowest BCUT2D eigenvalue weighted by Crippen LogP contribution is -2.30. The van der Waals surface area contributed by atoms with Gasteiger partial charge in [-0.2, -0.15) is 0 Å². The summed E-state index contributed by atoms with van der Waals surface area (Å²) in [5.41, 5.74) is 0. The number of rotatable bonds is 83. The summed E-state index contributed by atoms with van der Waals surface area (Å²) >= 11 is 0. The molecule has 0 rings (SSSR count). The fourth-order valence-electron chi connectivity index (χ4n) is 13.1. The minimum atomic E-state index is -4.96. The number of hydrogen-bond donors (Lipinski definition) is 3. The minimum absolute atomic E-state index is 0.105. The Morgan fingerprint density at radius 2 is 0.447 bits per heavy atom. The molecule has 0 spiro atoms. The molecule has 0 aromatic rings. The molecule has 0 saturated carbocycles. The summed E-state index contributed by atoms with van der Waals surface area (Å²) in [6, 6.07) is 0. The summed E-state index contributed by atoms with van der Waals surface area (Å²) in [6.45, 7) is 9.56. The summed E-state index contributed by atoms with van der Waals surface area (Å²) in [7, 11) is -9.92. The molecule has 19 heteroatoms. The monoisotopic (exact) mass is 1510 g/mol. The molecule has 5 atom stereocenters. The molecule has 0 aromatic heterocycles. The lowest BCUT2D eigenvalue weighted by molar-refractivity contribution is -0.161. The van der Waals surface area contributed by atoms with Gasteiger partial charge in [0.05, 0.1) is 26.4 Å². The second-order valence-electron chi connectivity index (χ2n) is 31.2. The third-order valence-electron chi connectivity index (χ3n) is 19.7. The van der Waals surface area contributed by atoms with Crippen molar-refractivity contribution in [1.82, 2.24) is 0 Å². The molecule has 0 aliphatic heterocycles. The predicted octanol–water partition coefficient (Wildman–Crippen LogP) is 25.5. The molecule has 0 radical (unpaired) electrons. The van der Waals surface area contributed by atoms with E-state index in [0.717, 1.165) is 102 Å². The van der Waals surface area contributed by atoms with Crippen LogP contribution >= 0.6 is 15.6 Å². The van der Waals surface area contributed by atoms with Crippen LogP contribution in [-0.4, -0.2) is 96.7 Å². The zero-order valence-electron chi connectivity index (χ0n) is 67.6. The van der Waals surface area contributed by atoms with Crippen LogP contribution in [0.15, 0.2) is 0 Å². The van der Waals surface area contributed by atoms with Crippen LogP contribution in [0, 0.1) is 11.8 Å². The van der Waals surface area contributed by atoms with Crippen LogP contribution < -0.4 is 0 Å². The molecule has 0 fully saturated rings. The van der Waals surface area contributed by atoms with Gasteiger partial charge in [-0.25, -0.2) is 9.13 Å². The van der Waals surface area contributed by atoms with Crippen molar-refractivity contribution in [3.8, 4) is 0 Å². The van der Waals surface area contributed by atoms with E-state index in [1.807, 2.05) is 0 Å². The van der Waals surface area contributed by atoms with E-state index in [0.29, 0.717) is 31.6 Å². The van der Waals surface area contributed by atoms with Crippen LogP contribution in [-0.2, 0) is 65.4 Å². The third kappa shape index (κ3) is 78.0. The average Bonchev–Trinajstić information content (AvgIpc) is 0.917. The van der Waals surface area contributed by atoms with Crippen molar-refractivity contribution in [2.45, 2.75) is 464 Å². The number of phosphoric acid groups is 2. The highest BCUT2D eigenvalue weighted by molar-refractivity contribution is 7.47. The molecule has 0 aliphatic carbocycles. The van der Waals surface area contributed by atoms with Crippen molar-refractivity contribution in [3.05, 3.63) is 0 Å². The van der Waals surface area contributed by atoms with Crippen molar-refractivity contribution >= 4 is 39.5 Å². The topological polar surface area (TPSA) is 237 Å². The van der Waals surface area contributed by atoms with Gasteiger partial charge < -0.3 is 33.8 Å². The van der Waals surface area contributed by atoms with Crippen LogP contribution in [0.3, 0.4) is 0 Å². The minimum Gasteiger partial charge on any atom is -0.462 e. The third-order valence-corrected chi connectivity index (χ3v) is 21.6. The number of carbonyl (C=O) groups excluding carboxylic acids is 4. The first kappa shape index (κ1) is 101. The molecule has 3 N–H and O–H groups in total. The quantitative estimate of drug-likeness (QED) is 0.0222. The van der Waals surface area contributed by atoms with Gasteiger partial charge in [0.2, 0.25) is 0 Å². The van der Waals surface area contributed by atoms with Crippen LogP contribution in [0.25, 0.3) is 0 Å². The van der Waals surface area contributed by atoms with Crippen LogP contribution in [0.4, 0.5) is 0 Å². The van der Waals surface area contributed by atoms with Crippen molar-refractivity contribution in [1.29, 1.82) is 0 Å². The van der Waals surface area contributed by atoms with E-state index in [2.05, 4.69) is 41.5 Å². The first-order valence-electron chi connectivity index (χ1n) is 43.5. The Labute approximate surface area is 632 Å². The predicted molar refractivity (Wildman–Crippen MR) is 423 cm³/mol. The van der Waals surface area contributed by atoms with Gasteiger partial charge in [-0.1, -0.05) is 395 Å². The first-order chi connectivity index (χ1) is 49.9. The van der Waals surface area contributed by atoms with Crippen LogP contribution in [0.1, 0.15) is 446 Å². The molecule has 0 bridgehead atoms. The standard InChI is InChI=1S/C84H164O17P2/c1-7-9-11-13-15-17-19-21-23-25-27-29-31-33-35-37-39-43-49-56-62-68-83(88)100-79(72-94-81(86)66-60-54-48-42-38-36-34-32-30-28-26-24-22-20-18-16-14-12-10-8-2)74-98-102(90,91)96-70-78(85)71-97-103(92,93)99-75-80(73-95-82(87)67-61-55-51-45-47-53-59-65-77(5)6)101-84(89)69-63-57-50-44-40-41-46-52-58-64-76(3)4/h76-80,85H,7-75H2,1-6H3,(H,90,91)(H,92,93)/t78-,79-,80-/m1/s1. The van der Waals surface area contributed by atoms with Gasteiger partial charge in [-0.3, -0.25) is 37.3 Å². The van der Waals surface area contributed by atoms with Crippen LogP contribution in [0.5, 0.6) is 0 Å². The molecule has 0 aromatic carbocycles. The number of phosphoric ester groups is 2. The Morgan fingerprint density at radius 1 is 0.262 bits per heavy atom. The van der Waals surface area contributed by atoms with Gasteiger partial charge in [0.15, 0.2) is 12.2 Å². The fraction of sp³-hybridized carbons (Fsp3) is 0.952. The van der Waals surface area contributed by atoms with Crippen LogP contribution in [0.2, 0.25) is 0 Å². The van der Waals surface area contributed by atoms with Gasteiger partial charge in [0, 0.05) is 25.7 Å². The van der Waals surface area contributed by atoms with E-state index in [4.69, 9.17) is 37.0 Å². The normalized spacial score (nSPS) is 13.9. The molecule has 103 heavy (non-hydrogen) atoms. The van der Waals surface area contributed by atoms with Crippen molar-refractivity contribution in [2.24, 2.45) is 11.8 Å². The smallest absolute Gasteiger partial charge is 0.462 e. The molecule has 17 nitrogen and oxygen atoms in total. The Morgan fingerprint density at radius 3 is 0.660 bits per heavy atom. The summed E-state index contributed by atoms with van der Waals surface area (Å²) in [5, 5.41) is 10.7. The van der Waals surface area contributed by atoms with E-state index in [1.165, 1.54) is 257 Å². The summed E-state index contributed by atoms with van der Waals surface area (Å²) in [4.78, 5) is 73.1. The average molecular weight is 1510 g/mol. The maximum Gasteiger partial charge on any atom is 0.472 e. The highest BCUT2D eigenvalue weighted by atomic mass is 31.2. The molecule has 0 heterocycles. The van der Waals surface area contributed by atoms with E-state index in [9.17, 15) is 43.2 Å². The van der Waals surface area contributed by atoms with E-state index in [1.54, 1.807) is 0 Å². The molecule has 2 unspecified atom stereocenters. The lowest BCUT2D eigenvalue weighted by Gasteiger charge is -2.21. The van der Waals surface area contributed by atoms with Gasteiger partial charge in [0.1, 0.15) is 19.3 Å². The maximum atomic E-state index is 13.1. The van der Waals surface area contributed by atoms with E-state index in [-0.39, 0.29) is 25.7 Å². The second-order valence-corrected chi connectivity index (χ2v) is 34.1. The summed E-state index contributed by atoms with van der Waals surface area (Å²) in [5.74, 6) is -0.668. The molecule has 0 aliphatic rings. The second kappa shape index (κ2) is 75.5. The van der Waals surface area contributed by atoms with Gasteiger partial charge in [-0.15, -0.1) is 0 Å². The number of aliphatic hydroxyl groups is 1. The number of esters is 4. The Bertz CT molecular complexity index is 1980. The number of unbranched alkanes of at least 4 members (excludes halogenated alkanes) is 53. The summed E-state index contributed by atoms with van der Waals surface area (Å²) in [6.07, 6.45) is 67.0. The molecule has 0 amide bonds. The number of ether oxygens (including phenoxy) is 4. The van der Waals surface area contributed by atoms with Crippen molar-refractivity contribution < 1.29 is 80.2 Å². The maximum absolute atomic E-state index is 13.1. The van der Waals surface area contributed by atoms with Gasteiger partial charge >= 0.3 is 39.5 Å². The number of carbonyl (C=O) groups is 4. The zero-order chi connectivity index (χ0) is 75.6. The van der Waals surface area contributed by atoms with E-state index >= 15 is 0 Å². The lowest BCUT2D eigenvalue weighted by atomic mass is 10.0. The fourth-order valence-corrected chi connectivity index (χ4v) is 14.6. The Kier molecular flexibility index (Phi) is 74.1. The highest BCUT2D eigenvalue weighted by Gasteiger charge is 2.30. The van der Waals surface area contributed by atoms with E-state index < -0.39 is 97.5 Å². The number of aliphatic hydroxyl groups excluding tert-OH is 1.